The van der Waals surface area contributed by atoms with E-state index < -0.39 is 5.41 Å². The van der Waals surface area contributed by atoms with Crippen LogP contribution >= 0.6 is 0 Å². The molecule has 312 valence electrons. The molecule has 14 rings (SSSR count). The summed E-state index contributed by atoms with van der Waals surface area (Å²) in [5.41, 5.74) is 19.1. The highest BCUT2D eigenvalue weighted by atomic mass is 15.0. The summed E-state index contributed by atoms with van der Waals surface area (Å²) in [4.78, 5) is 0. The molecule has 0 aliphatic heterocycles. The van der Waals surface area contributed by atoms with E-state index in [9.17, 15) is 0 Å². The summed E-state index contributed by atoms with van der Waals surface area (Å²) in [6, 6.07) is 94.5. The van der Waals surface area contributed by atoms with Gasteiger partial charge in [0.1, 0.15) is 0 Å². The Morgan fingerprint density at radius 1 is 0.269 bits per heavy atom. The zero-order valence-corrected chi connectivity index (χ0v) is 36.6. The third-order valence-corrected chi connectivity index (χ3v) is 14.6. The van der Waals surface area contributed by atoms with Gasteiger partial charge in [0.2, 0.25) is 0 Å². The van der Waals surface area contributed by atoms with Gasteiger partial charge in [0, 0.05) is 32.6 Å². The average molecular weight is 851 g/mol. The topological polar surface area (TPSA) is 9.86 Å². The fraction of sp³-hybridized carbons (Fsp3) is 0.0154. The van der Waals surface area contributed by atoms with Crippen molar-refractivity contribution < 1.29 is 0 Å². The predicted molar refractivity (Wildman–Crippen MR) is 281 cm³/mol. The van der Waals surface area contributed by atoms with E-state index >= 15 is 0 Å². The Balaban J connectivity index is 1.04. The van der Waals surface area contributed by atoms with Gasteiger partial charge in [-0.15, -0.1) is 0 Å². The molecule has 67 heavy (non-hydrogen) atoms. The fourth-order valence-corrected chi connectivity index (χ4v) is 11.7. The van der Waals surface area contributed by atoms with E-state index in [2.05, 4.69) is 264 Å². The van der Waals surface area contributed by atoms with Crippen LogP contribution in [0, 0.1) is 0 Å². The molecule has 0 radical (unpaired) electrons. The maximum atomic E-state index is 2.54. The lowest BCUT2D eigenvalue weighted by atomic mass is 9.67. The molecular formula is C65H42N2. The molecule has 0 saturated carbocycles. The second-order valence-electron chi connectivity index (χ2n) is 18.0. The molecule has 1 aliphatic rings. The number of hydrogen-bond acceptors (Lipinski definition) is 0. The Kier molecular flexibility index (Phi) is 8.23. The van der Waals surface area contributed by atoms with Crippen LogP contribution in [0.5, 0.6) is 0 Å². The number of para-hydroxylation sites is 1. The van der Waals surface area contributed by atoms with Gasteiger partial charge in [0.25, 0.3) is 0 Å². The minimum atomic E-state index is -0.509. The Bertz CT molecular complexity index is 4040. The zero-order chi connectivity index (χ0) is 44.1. The van der Waals surface area contributed by atoms with Crippen molar-refractivity contribution in [2.75, 3.05) is 0 Å². The largest absolute Gasteiger partial charge is 0.309 e. The number of hydrogen-bond donors (Lipinski definition) is 0. The van der Waals surface area contributed by atoms with Gasteiger partial charge in [-0.3, -0.25) is 0 Å². The van der Waals surface area contributed by atoms with Gasteiger partial charge in [-0.1, -0.05) is 194 Å². The number of rotatable bonds is 6. The molecule has 0 N–H and O–H groups in total. The normalized spacial score (nSPS) is 12.9. The van der Waals surface area contributed by atoms with Crippen LogP contribution in [0.4, 0.5) is 0 Å². The van der Waals surface area contributed by atoms with Crippen LogP contribution in [-0.4, -0.2) is 9.13 Å². The molecule has 2 heterocycles. The first-order chi connectivity index (χ1) is 33.2. The average Bonchev–Trinajstić information content (AvgIpc) is 4.02. The Hall–Kier alpha value is -8.72. The van der Waals surface area contributed by atoms with Gasteiger partial charge in [-0.2, -0.15) is 0 Å². The summed E-state index contributed by atoms with van der Waals surface area (Å²) in [7, 11) is 0. The first-order valence-corrected chi connectivity index (χ1v) is 23.3. The SMILES string of the molecule is c1ccc(-c2cccc(-n3c4ccc(-c5ccc6c(c5)c5ccccc5n6-c5cccc6ccccc56)cc4c4cc5c(cc43)-c3ccccc3C5(c3ccccc3)c3ccccc3)c2)cc1. The van der Waals surface area contributed by atoms with Crippen molar-refractivity contribution in [3.8, 4) is 44.8 Å². The third-order valence-electron chi connectivity index (χ3n) is 14.6. The fourth-order valence-electron chi connectivity index (χ4n) is 11.7. The monoisotopic (exact) mass is 850 g/mol. The van der Waals surface area contributed by atoms with E-state index in [0.717, 1.165) is 5.69 Å². The van der Waals surface area contributed by atoms with Gasteiger partial charge in [-0.25, -0.2) is 0 Å². The Morgan fingerprint density at radius 2 is 0.806 bits per heavy atom. The molecule has 13 aromatic rings. The molecule has 0 amide bonds. The summed E-state index contributed by atoms with van der Waals surface area (Å²) >= 11 is 0. The summed E-state index contributed by atoms with van der Waals surface area (Å²) in [5, 5.41) is 7.43. The molecule has 0 spiro atoms. The molecule has 0 bridgehead atoms. The van der Waals surface area contributed by atoms with Gasteiger partial charge in [0.15, 0.2) is 0 Å². The van der Waals surface area contributed by atoms with E-state index in [4.69, 9.17) is 0 Å². The smallest absolute Gasteiger partial charge is 0.0713 e. The quantitative estimate of drug-likeness (QED) is 0.158. The summed E-state index contributed by atoms with van der Waals surface area (Å²) < 4.78 is 4.94. The van der Waals surface area contributed by atoms with E-state index in [-0.39, 0.29) is 0 Å². The molecular weight excluding hydrogens is 809 g/mol. The van der Waals surface area contributed by atoms with E-state index in [0.29, 0.717) is 0 Å². The molecule has 11 aromatic carbocycles. The van der Waals surface area contributed by atoms with Gasteiger partial charge in [-0.05, 0) is 122 Å². The Morgan fingerprint density at radius 3 is 1.57 bits per heavy atom. The number of fused-ring (bicyclic) bond motifs is 10. The lowest BCUT2D eigenvalue weighted by Gasteiger charge is -2.34. The van der Waals surface area contributed by atoms with Crippen LogP contribution < -0.4 is 0 Å². The van der Waals surface area contributed by atoms with Gasteiger partial charge < -0.3 is 9.13 Å². The molecule has 1 aliphatic carbocycles. The maximum absolute atomic E-state index is 2.54. The van der Waals surface area contributed by atoms with E-state index in [1.54, 1.807) is 0 Å². The molecule has 0 saturated heterocycles. The predicted octanol–water partition coefficient (Wildman–Crippen LogP) is 16.7. The van der Waals surface area contributed by atoms with Crippen molar-refractivity contribution in [3.63, 3.8) is 0 Å². The van der Waals surface area contributed by atoms with Gasteiger partial charge in [0.05, 0.1) is 33.2 Å². The molecule has 0 atom stereocenters. The van der Waals surface area contributed by atoms with Crippen molar-refractivity contribution >= 4 is 54.4 Å². The van der Waals surface area contributed by atoms with Crippen LogP contribution in [0.25, 0.3) is 99.1 Å². The highest BCUT2D eigenvalue weighted by Crippen LogP contribution is 2.57. The Labute approximate surface area is 388 Å². The number of nitrogens with zero attached hydrogens (tertiary/aromatic N) is 2. The number of aromatic nitrogens is 2. The zero-order valence-electron chi connectivity index (χ0n) is 36.6. The van der Waals surface area contributed by atoms with E-state index in [1.165, 1.54) is 116 Å². The third kappa shape index (κ3) is 5.51. The maximum Gasteiger partial charge on any atom is 0.0713 e. The highest BCUT2D eigenvalue weighted by Gasteiger charge is 2.46. The highest BCUT2D eigenvalue weighted by molar-refractivity contribution is 6.15. The van der Waals surface area contributed by atoms with Crippen LogP contribution in [-0.2, 0) is 5.41 Å². The lowest BCUT2D eigenvalue weighted by Crippen LogP contribution is -2.28. The minimum Gasteiger partial charge on any atom is -0.309 e. The van der Waals surface area contributed by atoms with Crippen LogP contribution in [0.15, 0.2) is 255 Å². The summed E-state index contributed by atoms with van der Waals surface area (Å²) in [6.45, 7) is 0. The van der Waals surface area contributed by atoms with Crippen molar-refractivity contribution in [3.05, 3.63) is 277 Å². The second kappa shape index (κ2) is 14.7. The van der Waals surface area contributed by atoms with Crippen LogP contribution in [0.3, 0.4) is 0 Å². The molecule has 2 heteroatoms. The summed E-state index contributed by atoms with van der Waals surface area (Å²) in [5.74, 6) is 0. The van der Waals surface area contributed by atoms with Crippen LogP contribution in [0.1, 0.15) is 22.3 Å². The summed E-state index contributed by atoms with van der Waals surface area (Å²) in [6.07, 6.45) is 0. The van der Waals surface area contributed by atoms with Crippen LogP contribution in [0.2, 0.25) is 0 Å². The first-order valence-electron chi connectivity index (χ1n) is 23.3. The van der Waals surface area contributed by atoms with E-state index in [1.807, 2.05) is 0 Å². The first kappa shape index (κ1) is 37.6. The van der Waals surface area contributed by atoms with Crippen molar-refractivity contribution in [1.82, 2.24) is 9.13 Å². The minimum absolute atomic E-state index is 0.509. The van der Waals surface area contributed by atoms with Crippen molar-refractivity contribution in [1.29, 1.82) is 0 Å². The number of benzene rings is 11. The van der Waals surface area contributed by atoms with Crippen molar-refractivity contribution in [2.24, 2.45) is 0 Å². The molecule has 2 nitrogen and oxygen atoms in total. The molecule has 2 aromatic heterocycles. The molecule has 0 unspecified atom stereocenters. The molecule has 0 fully saturated rings. The second-order valence-corrected chi connectivity index (χ2v) is 18.0. The lowest BCUT2D eigenvalue weighted by molar-refractivity contribution is 0.769. The standard InChI is InChI=1S/C65H42N2/c1-4-18-43(19-5-1)45-22-16-27-50(38-45)66-62-36-34-47(46-35-37-63-55(39-46)53-30-13-15-32-61(53)67(63)60-33-17-21-44-20-10-11-28-51(44)60)40-56(62)57-41-59-54(42-64(57)66)52-29-12-14-31-58(52)65(59,48-23-6-2-7-24-48)49-25-8-3-9-26-49/h1-42H. The van der Waals surface area contributed by atoms with Crippen molar-refractivity contribution in [2.45, 2.75) is 5.41 Å². The van der Waals surface area contributed by atoms with Gasteiger partial charge >= 0.3 is 0 Å².